The summed E-state index contributed by atoms with van der Waals surface area (Å²) in [4.78, 5) is 23.0. The lowest BCUT2D eigenvalue weighted by atomic mass is 9.95. The first kappa shape index (κ1) is 16.7. The van der Waals surface area contributed by atoms with Crippen LogP contribution in [0.2, 0.25) is 0 Å². The molecule has 0 spiro atoms. The van der Waals surface area contributed by atoms with Crippen molar-refractivity contribution in [2.75, 3.05) is 18.0 Å². The van der Waals surface area contributed by atoms with E-state index in [-0.39, 0.29) is 17.9 Å². The Bertz CT molecular complexity index is 443. The van der Waals surface area contributed by atoms with Crippen LogP contribution in [0.5, 0.6) is 0 Å². The predicted molar refractivity (Wildman–Crippen MR) is 88.7 cm³/mol. The van der Waals surface area contributed by atoms with Crippen LogP contribution < -0.4 is 10.2 Å². The van der Waals surface area contributed by atoms with E-state index in [4.69, 9.17) is 0 Å². The van der Waals surface area contributed by atoms with Crippen molar-refractivity contribution in [1.29, 1.82) is 0 Å². The standard InChI is InChI=1S/C17H28N4O/c1-3-4-5-6-14(2)20-17(22)15-7-11-21(12-8-15)16-13-18-9-10-19-16/h9-10,13-15H,3-8,11-12H2,1-2H3,(H,20,22). The molecule has 0 saturated carbocycles. The first-order valence-corrected chi connectivity index (χ1v) is 8.52. The quantitative estimate of drug-likeness (QED) is 0.787. The van der Waals surface area contributed by atoms with E-state index in [1.807, 2.05) is 0 Å². The number of piperidine rings is 1. The Morgan fingerprint density at radius 1 is 1.36 bits per heavy atom. The molecule has 1 saturated heterocycles. The van der Waals surface area contributed by atoms with Gasteiger partial charge in [-0.2, -0.15) is 0 Å². The zero-order valence-corrected chi connectivity index (χ0v) is 13.8. The van der Waals surface area contributed by atoms with E-state index in [0.717, 1.165) is 38.2 Å². The minimum absolute atomic E-state index is 0.140. The number of anilines is 1. The monoisotopic (exact) mass is 304 g/mol. The van der Waals surface area contributed by atoms with Gasteiger partial charge >= 0.3 is 0 Å². The van der Waals surface area contributed by atoms with E-state index in [2.05, 4.69) is 34.0 Å². The van der Waals surface area contributed by atoms with E-state index >= 15 is 0 Å². The molecule has 2 heterocycles. The summed E-state index contributed by atoms with van der Waals surface area (Å²) in [6.45, 7) is 6.07. The molecule has 122 valence electrons. The van der Waals surface area contributed by atoms with Gasteiger partial charge in [0.2, 0.25) is 5.91 Å². The van der Waals surface area contributed by atoms with Crippen LogP contribution >= 0.6 is 0 Å². The van der Waals surface area contributed by atoms with Crippen LogP contribution in [0.3, 0.4) is 0 Å². The molecule has 5 nitrogen and oxygen atoms in total. The molecule has 1 fully saturated rings. The highest BCUT2D eigenvalue weighted by Gasteiger charge is 2.26. The van der Waals surface area contributed by atoms with Crippen molar-refractivity contribution in [2.24, 2.45) is 5.92 Å². The van der Waals surface area contributed by atoms with Crippen molar-refractivity contribution in [2.45, 2.75) is 58.4 Å². The molecule has 0 aromatic carbocycles. The molecule has 1 aliphatic heterocycles. The highest BCUT2D eigenvalue weighted by molar-refractivity contribution is 5.79. The van der Waals surface area contributed by atoms with Gasteiger partial charge in [0.1, 0.15) is 5.82 Å². The summed E-state index contributed by atoms with van der Waals surface area (Å²) in [6, 6.07) is 0.289. The Morgan fingerprint density at radius 2 is 2.14 bits per heavy atom. The molecular weight excluding hydrogens is 276 g/mol. The van der Waals surface area contributed by atoms with Crippen LogP contribution in [-0.4, -0.2) is 35.0 Å². The number of hydrogen-bond donors (Lipinski definition) is 1. The number of unbranched alkanes of at least 4 members (excludes halogenated alkanes) is 2. The van der Waals surface area contributed by atoms with Crippen LogP contribution in [0.15, 0.2) is 18.6 Å². The van der Waals surface area contributed by atoms with Crippen LogP contribution in [-0.2, 0) is 4.79 Å². The van der Waals surface area contributed by atoms with Crippen LogP contribution in [0, 0.1) is 5.92 Å². The van der Waals surface area contributed by atoms with Gasteiger partial charge in [-0.1, -0.05) is 26.2 Å². The van der Waals surface area contributed by atoms with E-state index < -0.39 is 0 Å². The summed E-state index contributed by atoms with van der Waals surface area (Å²) in [5.74, 6) is 1.28. The third kappa shape index (κ3) is 4.97. The highest BCUT2D eigenvalue weighted by Crippen LogP contribution is 2.21. The topological polar surface area (TPSA) is 58.1 Å². The van der Waals surface area contributed by atoms with E-state index in [0.29, 0.717) is 0 Å². The van der Waals surface area contributed by atoms with E-state index in [1.54, 1.807) is 18.6 Å². The van der Waals surface area contributed by atoms with Gasteiger partial charge in [0.05, 0.1) is 6.20 Å². The molecule has 5 heteroatoms. The lowest BCUT2D eigenvalue weighted by Gasteiger charge is -2.32. The summed E-state index contributed by atoms with van der Waals surface area (Å²) >= 11 is 0. The number of nitrogens with zero attached hydrogens (tertiary/aromatic N) is 3. The van der Waals surface area contributed by atoms with Crippen molar-refractivity contribution in [3.8, 4) is 0 Å². The normalized spacial score (nSPS) is 17.3. The third-order valence-corrected chi connectivity index (χ3v) is 4.37. The summed E-state index contributed by atoms with van der Waals surface area (Å²) < 4.78 is 0. The van der Waals surface area contributed by atoms with Crippen molar-refractivity contribution < 1.29 is 4.79 Å². The molecule has 1 unspecified atom stereocenters. The second-order valence-corrected chi connectivity index (χ2v) is 6.23. The molecule has 1 aromatic rings. The number of nitrogens with one attached hydrogen (secondary N) is 1. The van der Waals surface area contributed by atoms with Gasteiger partial charge in [-0.15, -0.1) is 0 Å². The summed E-state index contributed by atoms with van der Waals surface area (Å²) in [7, 11) is 0. The fourth-order valence-electron chi connectivity index (χ4n) is 2.96. The zero-order valence-electron chi connectivity index (χ0n) is 13.8. The minimum Gasteiger partial charge on any atom is -0.355 e. The first-order valence-electron chi connectivity index (χ1n) is 8.52. The summed E-state index contributed by atoms with van der Waals surface area (Å²) in [5, 5.41) is 3.18. The maximum atomic E-state index is 12.3. The van der Waals surface area contributed by atoms with Crippen LogP contribution in [0.1, 0.15) is 52.4 Å². The average Bonchev–Trinajstić information content (AvgIpc) is 2.56. The smallest absolute Gasteiger partial charge is 0.223 e. The lowest BCUT2D eigenvalue weighted by molar-refractivity contribution is -0.126. The molecular formula is C17H28N4O. The van der Waals surface area contributed by atoms with Gasteiger partial charge in [-0.3, -0.25) is 9.78 Å². The first-order chi connectivity index (χ1) is 10.7. The van der Waals surface area contributed by atoms with Gasteiger partial charge in [0.15, 0.2) is 0 Å². The molecule has 1 aromatic heterocycles. The second kappa shape index (κ2) is 8.71. The molecule has 1 aliphatic rings. The van der Waals surface area contributed by atoms with Crippen molar-refractivity contribution in [1.82, 2.24) is 15.3 Å². The van der Waals surface area contributed by atoms with Crippen molar-refractivity contribution >= 4 is 11.7 Å². The van der Waals surface area contributed by atoms with Gasteiger partial charge in [-0.25, -0.2) is 4.98 Å². The van der Waals surface area contributed by atoms with Crippen LogP contribution in [0.25, 0.3) is 0 Å². The highest BCUT2D eigenvalue weighted by atomic mass is 16.1. The number of rotatable bonds is 7. The SMILES string of the molecule is CCCCCC(C)NC(=O)C1CCN(c2cnccn2)CC1. The van der Waals surface area contributed by atoms with Crippen LogP contribution in [0.4, 0.5) is 5.82 Å². The Balaban J connectivity index is 1.73. The molecule has 1 amide bonds. The second-order valence-electron chi connectivity index (χ2n) is 6.23. The largest absolute Gasteiger partial charge is 0.355 e. The molecule has 2 rings (SSSR count). The molecule has 0 radical (unpaired) electrons. The van der Waals surface area contributed by atoms with Crippen molar-refractivity contribution in [3.63, 3.8) is 0 Å². The average molecular weight is 304 g/mol. The van der Waals surface area contributed by atoms with E-state index in [1.165, 1.54) is 19.3 Å². The van der Waals surface area contributed by atoms with E-state index in [9.17, 15) is 4.79 Å². The Kier molecular flexibility index (Phi) is 6.62. The number of aromatic nitrogens is 2. The number of carbonyl (C=O) groups is 1. The number of hydrogen-bond acceptors (Lipinski definition) is 4. The predicted octanol–water partition coefficient (Wildman–Crippen LogP) is 2.78. The fourth-order valence-corrected chi connectivity index (χ4v) is 2.96. The number of carbonyl (C=O) groups excluding carboxylic acids is 1. The zero-order chi connectivity index (χ0) is 15.8. The molecule has 1 atom stereocenters. The maximum Gasteiger partial charge on any atom is 0.223 e. The van der Waals surface area contributed by atoms with Crippen molar-refractivity contribution in [3.05, 3.63) is 18.6 Å². The maximum absolute atomic E-state index is 12.3. The van der Waals surface area contributed by atoms with Gasteiger partial charge < -0.3 is 10.2 Å². The minimum atomic E-state index is 0.140. The summed E-state index contributed by atoms with van der Waals surface area (Å²) in [6.07, 6.45) is 11.7. The van der Waals surface area contributed by atoms with Gasteiger partial charge in [-0.05, 0) is 26.2 Å². The molecule has 1 N–H and O–H groups in total. The van der Waals surface area contributed by atoms with Gasteiger partial charge in [0, 0.05) is 37.4 Å². The number of amides is 1. The molecule has 0 bridgehead atoms. The molecule has 0 aliphatic carbocycles. The molecule has 22 heavy (non-hydrogen) atoms. The lowest BCUT2D eigenvalue weighted by Crippen LogP contribution is -2.43. The Hall–Kier alpha value is -1.65. The summed E-state index contributed by atoms with van der Waals surface area (Å²) in [5.41, 5.74) is 0. The Morgan fingerprint density at radius 3 is 2.77 bits per heavy atom. The van der Waals surface area contributed by atoms with Gasteiger partial charge in [0.25, 0.3) is 0 Å². The Labute approximate surface area is 133 Å². The third-order valence-electron chi connectivity index (χ3n) is 4.37. The fraction of sp³-hybridized carbons (Fsp3) is 0.706.